The Bertz CT molecular complexity index is 476. The van der Waals surface area contributed by atoms with Crippen LogP contribution in [-0.2, 0) is 13.6 Å². The molecule has 15 heavy (non-hydrogen) atoms. The number of benzene rings is 1. The zero-order valence-corrected chi connectivity index (χ0v) is 9.20. The van der Waals surface area contributed by atoms with Crippen molar-refractivity contribution < 1.29 is 0 Å². The van der Waals surface area contributed by atoms with Crippen LogP contribution in [0.3, 0.4) is 0 Å². The molecule has 0 amide bonds. The van der Waals surface area contributed by atoms with Crippen LogP contribution in [0.25, 0.3) is 11.4 Å². The van der Waals surface area contributed by atoms with Gasteiger partial charge in [-0.3, -0.25) is 0 Å². The SMILES string of the molecule is Cn1ccnc1-c1ccc(CN)c(Cl)c1. The van der Waals surface area contributed by atoms with E-state index in [-0.39, 0.29) is 0 Å². The molecule has 0 radical (unpaired) electrons. The molecule has 2 N–H and O–H groups in total. The molecule has 0 unspecified atom stereocenters. The molecule has 0 fully saturated rings. The van der Waals surface area contributed by atoms with E-state index in [2.05, 4.69) is 4.98 Å². The maximum absolute atomic E-state index is 6.08. The fraction of sp³-hybridized carbons (Fsp3) is 0.182. The summed E-state index contributed by atoms with van der Waals surface area (Å²) in [6.45, 7) is 0.458. The number of nitrogens with zero attached hydrogens (tertiary/aromatic N) is 2. The van der Waals surface area contributed by atoms with Crippen molar-refractivity contribution in [3.8, 4) is 11.4 Å². The largest absolute Gasteiger partial charge is 0.334 e. The van der Waals surface area contributed by atoms with E-state index in [9.17, 15) is 0 Å². The number of rotatable bonds is 2. The van der Waals surface area contributed by atoms with Crippen LogP contribution in [0.1, 0.15) is 5.56 Å². The summed E-state index contributed by atoms with van der Waals surface area (Å²) in [5, 5.41) is 0.693. The highest BCUT2D eigenvalue weighted by molar-refractivity contribution is 6.31. The number of aromatic nitrogens is 2. The average molecular weight is 222 g/mol. The predicted octanol–water partition coefficient (Wildman–Crippen LogP) is 2.20. The number of nitrogens with two attached hydrogens (primary N) is 1. The molecule has 3 nitrogen and oxygen atoms in total. The highest BCUT2D eigenvalue weighted by atomic mass is 35.5. The van der Waals surface area contributed by atoms with Gasteiger partial charge in [0.2, 0.25) is 0 Å². The van der Waals surface area contributed by atoms with E-state index in [0.717, 1.165) is 17.0 Å². The topological polar surface area (TPSA) is 43.8 Å². The number of hydrogen-bond acceptors (Lipinski definition) is 2. The molecule has 2 rings (SSSR count). The van der Waals surface area contributed by atoms with Crippen LogP contribution in [0.4, 0.5) is 0 Å². The lowest BCUT2D eigenvalue weighted by Gasteiger charge is -2.05. The number of aryl methyl sites for hydroxylation is 1. The second-order valence-corrected chi connectivity index (χ2v) is 3.78. The first-order chi connectivity index (χ1) is 7.22. The Hall–Kier alpha value is -1.32. The highest BCUT2D eigenvalue weighted by Gasteiger charge is 2.05. The third kappa shape index (κ3) is 1.89. The summed E-state index contributed by atoms with van der Waals surface area (Å²) in [7, 11) is 1.95. The predicted molar refractivity (Wildman–Crippen MR) is 61.5 cm³/mol. The van der Waals surface area contributed by atoms with E-state index >= 15 is 0 Å². The van der Waals surface area contributed by atoms with Crippen molar-refractivity contribution in [3.63, 3.8) is 0 Å². The lowest BCUT2D eigenvalue weighted by atomic mass is 10.1. The zero-order chi connectivity index (χ0) is 10.8. The lowest BCUT2D eigenvalue weighted by Crippen LogP contribution is -1.98. The minimum Gasteiger partial charge on any atom is -0.334 e. The van der Waals surface area contributed by atoms with E-state index in [1.807, 2.05) is 36.0 Å². The maximum Gasteiger partial charge on any atom is 0.139 e. The Balaban J connectivity index is 2.47. The fourth-order valence-electron chi connectivity index (χ4n) is 1.50. The molecule has 0 aliphatic rings. The minimum atomic E-state index is 0.458. The lowest BCUT2D eigenvalue weighted by molar-refractivity contribution is 0.924. The van der Waals surface area contributed by atoms with E-state index in [0.29, 0.717) is 11.6 Å². The normalized spacial score (nSPS) is 10.6. The third-order valence-corrected chi connectivity index (χ3v) is 2.70. The van der Waals surface area contributed by atoms with Gasteiger partial charge in [-0.1, -0.05) is 23.7 Å². The van der Waals surface area contributed by atoms with Crippen molar-refractivity contribution in [1.29, 1.82) is 0 Å². The van der Waals surface area contributed by atoms with Crippen LogP contribution >= 0.6 is 11.6 Å². The van der Waals surface area contributed by atoms with Gasteiger partial charge in [-0.2, -0.15) is 0 Å². The third-order valence-electron chi connectivity index (χ3n) is 2.35. The van der Waals surface area contributed by atoms with Crippen molar-refractivity contribution >= 4 is 11.6 Å². The molecule has 0 spiro atoms. The first-order valence-corrected chi connectivity index (χ1v) is 5.06. The molecule has 0 aliphatic carbocycles. The quantitative estimate of drug-likeness (QED) is 0.845. The summed E-state index contributed by atoms with van der Waals surface area (Å²) in [4.78, 5) is 4.26. The molecule has 0 saturated carbocycles. The standard InChI is InChI=1S/C11H12ClN3/c1-15-5-4-14-11(15)8-2-3-9(7-13)10(12)6-8/h2-6H,7,13H2,1H3. The zero-order valence-electron chi connectivity index (χ0n) is 8.44. The molecular formula is C11H12ClN3. The van der Waals surface area contributed by atoms with Crippen LogP contribution in [0.15, 0.2) is 30.6 Å². The monoisotopic (exact) mass is 221 g/mol. The van der Waals surface area contributed by atoms with Gasteiger partial charge < -0.3 is 10.3 Å². The Kier molecular flexibility index (Phi) is 2.75. The number of hydrogen-bond donors (Lipinski definition) is 1. The Labute approximate surface area is 93.5 Å². The van der Waals surface area contributed by atoms with Crippen molar-refractivity contribution in [2.45, 2.75) is 6.54 Å². The Morgan fingerprint density at radius 2 is 2.27 bits per heavy atom. The van der Waals surface area contributed by atoms with Gasteiger partial charge in [-0.15, -0.1) is 0 Å². The maximum atomic E-state index is 6.08. The summed E-state index contributed by atoms with van der Waals surface area (Å²) in [6, 6.07) is 5.81. The van der Waals surface area contributed by atoms with Gasteiger partial charge in [-0.05, 0) is 11.6 Å². The van der Waals surface area contributed by atoms with Gasteiger partial charge in [0.1, 0.15) is 5.82 Å². The fourth-order valence-corrected chi connectivity index (χ4v) is 1.75. The summed E-state index contributed by atoms with van der Waals surface area (Å²) in [6.07, 6.45) is 3.67. The molecule has 1 heterocycles. The molecule has 2 aromatic rings. The van der Waals surface area contributed by atoms with Gasteiger partial charge in [0, 0.05) is 36.6 Å². The van der Waals surface area contributed by atoms with Crippen LogP contribution in [0.2, 0.25) is 5.02 Å². The van der Waals surface area contributed by atoms with Crippen LogP contribution < -0.4 is 5.73 Å². The summed E-state index contributed by atoms with van der Waals surface area (Å²) in [5.41, 5.74) is 7.50. The van der Waals surface area contributed by atoms with Gasteiger partial charge in [-0.25, -0.2) is 4.98 Å². The second-order valence-electron chi connectivity index (χ2n) is 3.37. The number of halogens is 1. The molecule has 0 atom stereocenters. The van der Waals surface area contributed by atoms with E-state index in [1.165, 1.54) is 0 Å². The Morgan fingerprint density at radius 1 is 1.47 bits per heavy atom. The summed E-state index contributed by atoms with van der Waals surface area (Å²) in [5.74, 6) is 0.903. The molecule has 0 aliphatic heterocycles. The average Bonchev–Trinajstić information content (AvgIpc) is 2.64. The highest BCUT2D eigenvalue weighted by Crippen LogP contribution is 2.23. The van der Waals surface area contributed by atoms with E-state index in [1.54, 1.807) is 6.20 Å². The van der Waals surface area contributed by atoms with E-state index in [4.69, 9.17) is 17.3 Å². The van der Waals surface area contributed by atoms with Crippen LogP contribution in [0.5, 0.6) is 0 Å². The molecule has 1 aromatic carbocycles. The van der Waals surface area contributed by atoms with Gasteiger partial charge in [0.15, 0.2) is 0 Å². The van der Waals surface area contributed by atoms with Crippen LogP contribution in [-0.4, -0.2) is 9.55 Å². The molecule has 4 heteroatoms. The number of imidazole rings is 1. The summed E-state index contributed by atoms with van der Waals surface area (Å²) >= 11 is 6.08. The first kappa shape index (κ1) is 10.2. The van der Waals surface area contributed by atoms with Crippen molar-refractivity contribution in [2.75, 3.05) is 0 Å². The van der Waals surface area contributed by atoms with Gasteiger partial charge in [0.05, 0.1) is 0 Å². The van der Waals surface area contributed by atoms with Gasteiger partial charge in [0.25, 0.3) is 0 Å². The first-order valence-electron chi connectivity index (χ1n) is 4.68. The Morgan fingerprint density at radius 3 is 2.80 bits per heavy atom. The molecule has 1 aromatic heterocycles. The van der Waals surface area contributed by atoms with Crippen molar-refractivity contribution in [3.05, 3.63) is 41.2 Å². The molecular weight excluding hydrogens is 210 g/mol. The smallest absolute Gasteiger partial charge is 0.139 e. The second kappa shape index (κ2) is 4.04. The van der Waals surface area contributed by atoms with Crippen LogP contribution in [0, 0.1) is 0 Å². The molecule has 78 valence electrons. The van der Waals surface area contributed by atoms with Crippen molar-refractivity contribution in [1.82, 2.24) is 9.55 Å². The minimum absolute atomic E-state index is 0.458. The van der Waals surface area contributed by atoms with Crippen molar-refractivity contribution in [2.24, 2.45) is 12.8 Å². The molecule has 0 saturated heterocycles. The van der Waals surface area contributed by atoms with E-state index < -0.39 is 0 Å². The summed E-state index contributed by atoms with van der Waals surface area (Å²) < 4.78 is 1.95. The molecule has 0 bridgehead atoms. The van der Waals surface area contributed by atoms with Gasteiger partial charge >= 0.3 is 0 Å².